The van der Waals surface area contributed by atoms with Crippen LogP contribution in [0.3, 0.4) is 0 Å². The summed E-state index contributed by atoms with van der Waals surface area (Å²) in [6.45, 7) is 0.772. The molecule has 1 amide bonds. The predicted octanol–water partition coefficient (Wildman–Crippen LogP) is 1.68. The number of carbonyl (C=O) groups excluding carboxylic acids is 1. The molecule has 1 aliphatic rings. The van der Waals surface area contributed by atoms with Crippen molar-refractivity contribution in [1.29, 1.82) is 0 Å². The highest BCUT2D eigenvalue weighted by molar-refractivity contribution is 5.80. The molecule has 0 radical (unpaired) electrons. The van der Waals surface area contributed by atoms with Crippen LogP contribution in [0.1, 0.15) is 24.8 Å². The quantitative estimate of drug-likeness (QED) is 0.865. The second-order valence-electron chi connectivity index (χ2n) is 5.38. The fraction of sp³-hybridized carbons (Fsp3) is 0.500. The van der Waals surface area contributed by atoms with Crippen LogP contribution in [0.4, 0.5) is 0 Å². The second-order valence-corrected chi connectivity index (χ2v) is 5.38. The maximum Gasteiger partial charge on any atom is 0.341 e. The Morgan fingerprint density at radius 3 is 2.64 bits per heavy atom. The fourth-order valence-corrected chi connectivity index (χ4v) is 2.37. The summed E-state index contributed by atoms with van der Waals surface area (Å²) in [4.78, 5) is 24.3. The standard InChI is InChI=1S/C16H21NO5/c1-17(16(20)14-4-2-3-9-21-14)10-12-5-7-13(8-6-12)22-11-15(18)19/h5-8,14H,2-4,9-11H2,1H3,(H,18,19). The minimum Gasteiger partial charge on any atom is -0.482 e. The minimum atomic E-state index is -1.01. The summed E-state index contributed by atoms with van der Waals surface area (Å²) in [7, 11) is 1.76. The van der Waals surface area contributed by atoms with E-state index in [4.69, 9.17) is 14.6 Å². The van der Waals surface area contributed by atoms with Crippen LogP contribution in [-0.4, -0.2) is 48.2 Å². The summed E-state index contributed by atoms with van der Waals surface area (Å²) in [5.74, 6) is -0.511. The third-order valence-corrected chi connectivity index (χ3v) is 3.54. The molecule has 1 atom stereocenters. The van der Waals surface area contributed by atoms with Crippen molar-refractivity contribution in [2.75, 3.05) is 20.3 Å². The Hall–Kier alpha value is -2.08. The number of nitrogens with zero attached hydrogens (tertiary/aromatic N) is 1. The molecule has 1 aromatic rings. The van der Waals surface area contributed by atoms with Gasteiger partial charge in [0.2, 0.25) is 0 Å². The molecular weight excluding hydrogens is 286 g/mol. The van der Waals surface area contributed by atoms with Crippen LogP contribution < -0.4 is 4.74 Å². The second kappa shape index (κ2) is 7.79. The van der Waals surface area contributed by atoms with Gasteiger partial charge in [0.1, 0.15) is 11.9 Å². The van der Waals surface area contributed by atoms with E-state index < -0.39 is 5.97 Å². The first-order chi connectivity index (χ1) is 10.6. The molecule has 2 rings (SSSR count). The van der Waals surface area contributed by atoms with Crippen molar-refractivity contribution in [2.24, 2.45) is 0 Å². The zero-order valence-corrected chi connectivity index (χ0v) is 12.7. The lowest BCUT2D eigenvalue weighted by Crippen LogP contribution is -2.39. The topological polar surface area (TPSA) is 76.1 Å². The van der Waals surface area contributed by atoms with Crippen molar-refractivity contribution in [2.45, 2.75) is 31.9 Å². The van der Waals surface area contributed by atoms with Crippen molar-refractivity contribution in [3.05, 3.63) is 29.8 Å². The van der Waals surface area contributed by atoms with Gasteiger partial charge in [-0.15, -0.1) is 0 Å². The zero-order valence-electron chi connectivity index (χ0n) is 12.7. The minimum absolute atomic E-state index is 0.00547. The maximum atomic E-state index is 12.3. The molecule has 0 saturated carbocycles. The normalized spacial score (nSPS) is 17.8. The summed E-state index contributed by atoms with van der Waals surface area (Å²) >= 11 is 0. The Morgan fingerprint density at radius 1 is 1.32 bits per heavy atom. The number of carbonyl (C=O) groups is 2. The Bertz CT molecular complexity index is 508. The van der Waals surface area contributed by atoms with Crippen LogP contribution in [0, 0.1) is 0 Å². The first kappa shape index (κ1) is 16.3. The zero-order chi connectivity index (χ0) is 15.9. The van der Waals surface area contributed by atoms with Crippen molar-refractivity contribution < 1.29 is 24.2 Å². The number of carboxylic acid groups (broad SMARTS) is 1. The molecular formula is C16H21NO5. The number of benzene rings is 1. The van der Waals surface area contributed by atoms with Crippen molar-refractivity contribution in [3.8, 4) is 5.75 Å². The van der Waals surface area contributed by atoms with Gasteiger partial charge in [-0.3, -0.25) is 4.79 Å². The monoisotopic (exact) mass is 307 g/mol. The predicted molar refractivity (Wildman–Crippen MR) is 79.6 cm³/mol. The fourth-order valence-electron chi connectivity index (χ4n) is 2.37. The summed E-state index contributed by atoms with van der Waals surface area (Å²) in [6.07, 6.45) is 2.51. The van der Waals surface area contributed by atoms with Gasteiger partial charge in [-0.05, 0) is 37.0 Å². The number of rotatable bonds is 6. The van der Waals surface area contributed by atoms with Gasteiger partial charge in [0.05, 0.1) is 0 Å². The Balaban J connectivity index is 1.86. The number of hydrogen-bond acceptors (Lipinski definition) is 4. The highest BCUT2D eigenvalue weighted by Crippen LogP contribution is 2.17. The van der Waals surface area contributed by atoms with Crippen LogP contribution in [0.25, 0.3) is 0 Å². The van der Waals surface area contributed by atoms with Gasteiger partial charge in [-0.1, -0.05) is 12.1 Å². The number of hydrogen-bond donors (Lipinski definition) is 1. The number of amides is 1. The molecule has 0 aliphatic carbocycles. The van der Waals surface area contributed by atoms with E-state index in [1.807, 2.05) is 12.1 Å². The van der Waals surface area contributed by atoms with Gasteiger partial charge in [0, 0.05) is 20.2 Å². The van der Waals surface area contributed by atoms with Crippen LogP contribution >= 0.6 is 0 Å². The Kier molecular flexibility index (Phi) is 5.77. The lowest BCUT2D eigenvalue weighted by molar-refractivity contribution is -0.145. The summed E-state index contributed by atoms with van der Waals surface area (Å²) in [5, 5.41) is 8.55. The van der Waals surface area contributed by atoms with Crippen molar-refractivity contribution in [1.82, 2.24) is 4.90 Å². The van der Waals surface area contributed by atoms with Crippen LogP contribution in [0.2, 0.25) is 0 Å². The molecule has 6 heteroatoms. The molecule has 1 aliphatic heterocycles. The molecule has 1 unspecified atom stereocenters. The number of aliphatic carboxylic acids is 1. The largest absolute Gasteiger partial charge is 0.482 e. The van der Waals surface area contributed by atoms with E-state index in [0.717, 1.165) is 24.8 Å². The molecule has 1 saturated heterocycles. The van der Waals surface area contributed by atoms with E-state index in [9.17, 15) is 9.59 Å². The lowest BCUT2D eigenvalue weighted by Gasteiger charge is -2.26. The molecule has 0 spiro atoms. The number of ether oxygens (including phenoxy) is 2. The molecule has 1 N–H and O–H groups in total. The highest BCUT2D eigenvalue weighted by Gasteiger charge is 2.24. The lowest BCUT2D eigenvalue weighted by atomic mass is 10.1. The number of carboxylic acids is 1. The first-order valence-electron chi connectivity index (χ1n) is 7.36. The molecule has 1 fully saturated rings. The summed E-state index contributed by atoms with van der Waals surface area (Å²) in [5.41, 5.74) is 0.953. The molecule has 0 bridgehead atoms. The average Bonchev–Trinajstić information content (AvgIpc) is 2.54. The van der Waals surface area contributed by atoms with Crippen LogP contribution in [0.15, 0.2) is 24.3 Å². The van der Waals surface area contributed by atoms with Crippen LogP contribution in [-0.2, 0) is 20.9 Å². The summed E-state index contributed by atoms with van der Waals surface area (Å²) < 4.78 is 10.6. The molecule has 22 heavy (non-hydrogen) atoms. The molecule has 120 valence electrons. The molecule has 0 aromatic heterocycles. The van der Waals surface area contributed by atoms with Gasteiger partial charge in [-0.25, -0.2) is 4.79 Å². The van der Waals surface area contributed by atoms with E-state index in [-0.39, 0.29) is 18.6 Å². The van der Waals surface area contributed by atoms with Gasteiger partial charge >= 0.3 is 5.97 Å². The average molecular weight is 307 g/mol. The molecule has 1 heterocycles. The van der Waals surface area contributed by atoms with Crippen molar-refractivity contribution in [3.63, 3.8) is 0 Å². The Labute approximate surface area is 129 Å². The van der Waals surface area contributed by atoms with Gasteiger partial charge < -0.3 is 19.5 Å². The van der Waals surface area contributed by atoms with Gasteiger partial charge in [0.25, 0.3) is 5.91 Å². The molecule has 6 nitrogen and oxygen atoms in total. The highest BCUT2D eigenvalue weighted by atomic mass is 16.5. The van der Waals surface area contributed by atoms with E-state index in [1.165, 1.54) is 0 Å². The smallest absolute Gasteiger partial charge is 0.341 e. The van der Waals surface area contributed by atoms with E-state index in [2.05, 4.69) is 0 Å². The maximum absolute atomic E-state index is 12.3. The SMILES string of the molecule is CN(Cc1ccc(OCC(=O)O)cc1)C(=O)C1CCCCO1. The van der Waals surface area contributed by atoms with Crippen LogP contribution in [0.5, 0.6) is 5.75 Å². The Morgan fingerprint density at radius 2 is 2.05 bits per heavy atom. The third kappa shape index (κ3) is 4.73. The third-order valence-electron chi connectivity index (χ3n) is 3.54. The molecule has 1 aromatic carbocycles. The van der Waals surface area contributed by atoms with Gasteiger partial charge in [-0.2, -0.15) is 0 Å². The number of likely N-dealkylation sites (N-methyl/N-ethyl adjacent to an activating group) is 1. The van der Waals surface area contributed by atoms with E-state index in [0.29, 0.717) is 18.9 Å². The first-order valence-corrected chi connectivity index (χ1v) is 7.36. The summed E-state index contributed by atoms with van der Waals surface area (Å²) in [6, 6.07) is 7.05. The van der Waals surface area contributed by atoms with Gasteiger partial charge in [0.15, 0.2) is 6.61 Å². The van der Waals surface area contributed by atoms with E-state index in [1.54, 1.807) is 24.1 Å². The van der Waals surface area contributed by atoms with Crippen molar-refractivity contribution >= 4 is 11.9 Å². The van der Waals surface area contributed by atoms with E-state index >= 15 is 0 Å².